The first-order chi connectivity index (χ1) is 13.0. The summed E-state index contributed by atoms with van der Waals surface area (Å²) in [5.41, 5.74) is 2.06. The quantitative estimate of drug-likeness (QED) is 0.667. The molecule has 0 aliphatic carbocycles. The van der Waals surface area contributed by atoms with Crippen molar-refractivity contribution in [1.29, 1.82) is 0 Å². The Labute approximate surface area is 161 Å². The Bertz CT molecular complexity index is 1040. The smallest absolute Gasteiger partial charge is 0.245 e. The molecule has 9 heteroatoms. The van der Waals surface area contributed by atoms with Crippen molar-refractivity contribution in [2.75, 3.05) is 26.2 Å². The van der Waals surface area contributed by atoms with Gasteiger partial charge in [0.2, 0.25) is 10.0 Å². The fourth-order valence-corrected chi connectivity index (χ4v) is 5.59. The molecule has 1 aromatic heterocycles. The Balaban J connectivity index is 1.50. The molecule has 4 rings (SSSR count). The molecule has 1 unspecified atom stereocenters. The maximum Gasteiger partial charge on any atom is 0.245 e. The van der Waals surface area contributed by atoms with Crippen LogP contribution in [0.4, 0.5) is 4.39 Å². The van der Waals surface area contributed by atoms with Crippen LogP contribution >= 0.6 is 11.7 Å². The van der Waals surface area contributed by atoms with E-state index in [1.54, 1.807) is 30.3 Å². The lowest BCUT2D eigenvalue weighted by Gasteiger charge is -2.37. The van der Waals surface area contributed by atoms with Gasteiger partial charge in [-0.05, 0) is 36.8 Å². The summed E-state index contributed by atoms with van der Waals surface area (Å²) in [4.78, 5) is 2.43. The minimum atomic E-state index is -3.62. The van der Waals surface area contributed by atoms with E-state index in [0.717, 1.165) is 17.3 Å². The Morgan fingerprint density at radius 3 is 2.44 bits per heavy atom. The normalized spacial score (nSPS) is 18.0. The van der Waals surface area contributed by atoms with Crippen LogP contribution in [-0.4, -0.2) is 52.5 Å². The molecule has 0 bridgehead atoms. The summed E-state index contributed by atoms with van der Waals surface area (Å²) in [5, 5.41) is 0. The van der Waals surface area contributed by atoms with E-state index in [-0.39, 0.29) is 16.8 Å². The first-order valence-corrected chi connectivity index (χ1v) is 10.8. The Morgan fingerprint density at radius 2 is 1.74 bits per heavy atom. The second kappa shape index (κ2) is 7.23. The summed E-state index contributed by atoms with van der Waals surface area (Å²) in [6.45, 7) is 4.09. The van der Waals surface area contributed by atoms with Gasteiger partial charge in [0.05, 0.1) is 11.7 Å². The minimum absolute atomic E-state index is 0.0987. The molecule has 1 aliphatic heterocycles. The SMILES string of the molecule is CC(c1ccc(F)cc1)N1CCN(S(=O)(=O)c2cccc3nsnc23)CC1. The first-order valence-electron chi connectivity index (χ1n) is 8.68. The number of piperazine rings is 1. The van der Waals surface area contributed by atoms with Crippen molar-refractivity contribution in [2.45, 2.75) is 17.9 Å². The highest BCUT2D eigenvalue weighted by molar-refractivity contribution is 7.89. The fourth-order valence-electron chi connectivity index (χ4n) is 3.41. The highest BCUT2D eigenvalue weighted by Crippen LogP contribution is 2.27. The number of nitrogens with zero attached hydrogens (tertiary/aromatic N) is 4. The topological polar surface area (TPSA) is 66.4 Å². The highest BCUT2D eigenvalue weighted by Gasteiger charge is 2.32. The van der Waals surface area contributed by atoms with E-state index in [1.165, 1.54) is 16.4 Å². The van der Waals surface area contributed by atoms with Gasteiger partial charge in [0, 0.05) is 32.2 Å². The molecule has 0 spiro atoms. The van der Waals surface area contributed by atoms with E-state index >= 15 is 0 Å². The third kappa shape index (κ3) is 3.47. The van der Waals surface area contributed by atoms with Gasteiger partial charge in [-0.15, -0.1) is 0 Å². The number of hydrogen-bond acceptors (Lipinski definition) is 6. The number of benzene rings is 2. The van der Waals surface area contributed by atoms with Crippen LogP contribution in [0.5, 0.6) is 0 Å². The van der Waals surface area contributed by atoms with Gasteiger partial charge in [-0.25, -0.2) is 12.8 Å². The predicted molar refractivity (Wildman–Crippen MR) is 103 cm³/mol. The van der Waals surface area contributed by atoms with Crippen LogP contribution in [0.1, 0.15) is 18.5 Å². The van der Waals surface area contributed by atoms with Crippen molar-refractivity contribution < 1.29 is 12.8 Å². The second-order valence-electron chi connectivity index (χ2n) is 6.56. The van der Waals surface area contributed by atoms with Crippen molar-refractivity contribution in [2.24, 2.45) is 0 Å². The maximum atomic E-state index is 13.1. The van der Waals surface area contributed by atoms with Crippen molar-refractivity contribution in [3.05, 3.63) is 53.8 Å². The van der Waals surface area contributed by atoms with E-state index in [2.05, 4.69) is 20.6 Å². The molecular weight excluding hydrogens is 387 g/mol. The molecule has 0 radical (unpaired) electrons. The zero-order chi connectivity index (χ0) is 19.0. The number of aromatic nitrogens is 2. The van der Waals surface area contributed by atoms with E-state index in [4.69, 9.17) is 0 Å². The summed E-state index contributed by atoms with van der Waals surface area (Å²) in [5.74, 6) is -0.257. The van der Waals surface area contributed by atoms with Gasteiger partial charge in [0.15, 0.2) is 0 Å². The average Bonchev–Trinajstić information content (AvgIpc) is 3.17. The first kappa shape index (κ1) is 18.4. The number of hydrogen-bond donors (Lipinski definition) is 0. The van der Waals surface area contributed by atoms with Crippen molar-refractivity contribution in [3.8, 4) is 0 Å². The Kier molecular flexibility index (Phi) is 4.94. The highest BCUT2D eigenvalue weighted by atomic mass is 32.2. The molecule has 1 atom stereocenters. The van der Waals surface area contributed by atoms with E-state index in [9.17, 15) is 12.8 Å². The standard InChI is InChI=1S/C18H19FN4O2S2/c1-13(14-5-7-15(19)8-6-14)22-9-11-23(12-10-22)27(24,25)17-4-2-3-16-18(17)21-26-20-16/h2-8,13H,9-12H2,1H3. The van der Waals surface area contributed by atoms with Gasteiger partial charge < -0.3 is 0 Å². The molecule has 2 aromatic carbocycles. The van der Waals surface area contributed by atoms with Gasteiger partial charge in [0.25, 0.3) is 0 Å². The second-order valence-corrected chi connectivity index (χ2v) is 8.99. The fraction of sp³-hybridized carbons (Fsp3) is 0.333. The molecule has 1 saturated heterocycles. The third-order valence-electron chi connectivity index (χ3n) is 5.04. The largest absolute Gasteiger partial charge is 0.294 e. The van der Waals surface area contributed by atoms with Crippen LogP contribution in [0.2, 0.25) is 0 Å². The number of halogens is 1. The molecule has 2 heterocycles. The van der Waals surface area contributed by atoms with Gasteiger partial charge in [0.1, 0.15) is 21.7 Å². The van der Waals surface area contributed by atoms with Crippen molar-refractivity contribution in [3.63, 3.8) is 0 Å². The minimum Gasteiger partial charge on any atom is -0.294 e. The van der Waals surface area contributed by atoms with Crippen LogP contribution in [0.25, 0.3) is 11.0 Å². The molecule has 6 nitrogen and oxygen atoms in total. The lowest BCUT2D eigenvalue weighted by atomic mass is 10.1. The summed E-state index contributed by atoms with van der Waals surface area (Å²) in [7, 11) is -3.62. The van der Waals surface area contributed by atoms with Crippen LogP contribution in [0, 0.1) is 5.82 Å². The molecule has 0 amide bonds. The van der Waals surface area contributed by atoms with E-state index in [0.29, 0.717) is 37.2 Å². The molecule has 1 fully saturated rings. The van der Waals surface area contributed by atoms with Gasteiger partial charge in [-0.1, -0.05) is 18.2 Å². The van der Waals surface area contributed by atoms with Crippen LogP contribution in [0.3, 0.4) is 0 Å². The molecule has 1 aliphatic rings. The van der Waals surface area contributed by atoms with Crippen molar-refractivity contribution >= 4 is 32.8 Å². The zero-order valence-electron chi connectivity index (χ0n) is 14.7. The Morgan fingerprint density at radius 1 is 1.04 bits per heavy atom. The van der Waals surface area contributed by atoms with Crippen LogP contribution in [0.15, 0.2) is 47.4 Å². The van der Waals surface area contributed by atoms with E-state index in [1.807, 2.05) is 0 Å². The summed E-state index contributed by atoms with van der Waals surface area (Å²) >= 11 is 1.01. The third-order valence-corrected chi connectivity index (χ3v) is 7.51. The van der Waals surface area contributed by atoms with Crippen molar-refractivity contribution in [1.82, 2.24) is 18.0 Å². The molecular formula is C18H19FN4O2S2. The summed E-state index contributed by atoms with van der Waals surface area (Å²) in [6, 6.07) is 11.6. The Hall–Kier alpha value is -1.94. The molecule has 142 valence electrons. The number of fused-ring (bicyclic) bond motifs is 1. The molecule has 0 saturated carbocycles. The van der Waals surface area contributed by atoms with Gasteiger partial charge in [-0.2, -0.15) is 13.1 Å². The monoisotopic (exact) mass is 406 g/mol. The van der Waals surface area contributed by atoms with E-state index < -0.39 is 10.0 Å². The lowest BCUT2D eigenvalue weighted by Crippen LogP contribution is -2.49. The van der Waals surface area contributed by atoms with Gasteiger partial charge in [-0.3, -0.25) is 4.90 Å². The zero-order valence-corrected chi connectivity index (χ0v) is 16.4. The summed E-state index contributed by atoms with van der Waals surface area (Å²) < 4.78 is 49.1. The predicted octanol–water partition coefficient (Wildman–Crippen LogP) is 2.90. The summed E-state index contributed by atoms with van der Waals surface area (Å²) in [6.07, 6.45) is 0. The molecule has 0 N–H and O–H groups in total. The van der Waals surface area contributed by atoms with Gasteiger partial charge >= 0.3 is 0 Å². The number of rotatable bonds is 4. The maximum absolute atomic E-state index is 13.1. The van der Waals surface area contributed by atoms with Crippen LogP contribution in [-0.2, 0) is 10.0 Å². The average molecular weight is 407 g/mol. The lowest BCUT2D eigenvalue weighted by molar-refractivity contribution is 0.146. The van der Waals surface area contributed by atoms with Crippen LogP contribution < -0.4 is 0 Å². The molecule has 3 aromatic rings. The number of sulfonamides is 1. The molecule has 27 heavy (non-hydrogen) atoms.